The van der Waals surface area contributed by atoms with Gasteiger partial charge in [0.2, 0.25) is 0 Å². The summed E-state index contributed by atoms with van der Waals surface area (Å²) < 4.78 is 7.70. The van der Waals surface area contributed by atoms with Gasteiger partial charge in [0.25, 0.3) is 0 Å². The molecule has 7 heteroatoms. The second-order valence-corrected chi connectivity index (χ2v) is 7.51. The van der Waals surface area contributed by atoms with Crippen molar-refractivity contribution in [2.45, 2.75) is 45.9 Å². The fourth-order valence-corrected chi connectivity index (χ4v) is 3.15. The van der Waals surface area contributed by atoms with Crippen molar-refractivity contribution in [1.82, 2.24) is 20.2 Å². The molecule has 3 aromatic rings. The van der Waals surface area contributed by atoms with Gasteiger partial charge >= 0.3 is 0 Å². The van der Waals surface area contributed by atoms with Crippen LogP contribution in [0.3, 0.4) is 0 Å². The van der Waals surface area contributed by atoms with Crippen LogP contribution in [0.2, 0.25) is 0 Å². The van der Waals surface area contributed by atoms with Gasteiger partial charge < -0.3 is 24.7 Å². The molecule has 0 spiro atoms. The molecule has 0 saturated heterocycles. The average molecular weight is 410 g/mol. The Morgan fingerprint density at radius 3 is 2.70 bits per heavy atom. The van der Waals surface area contributed by atoms with E-state index < -0.39 is 5.60 Å². The van der Waals surface area contributed by atoms with Gasteiger partial charge in [-0.05, 0) is 44.9 Å². The van der Waals surface area contributed by atoms with Crippen LogP contribution in [0, 0.1) is 6.92 Å². The molecule has 0 bridgehead atoms. The van der Waals surface area contributed by atoms with Gasteiger partial charge in [0.15, 0.2) is 5.96 Å². The molecule has 0 aliphatic rings. The molecule has 0 aliphatic carbocycles. The third-order valence-corrected chi connectivity index (χ3v) is 4.88. The van der Waals surface area contributed by atoms with Crippen LogP contribution in [0.25, 0.3) is 0 Å². The lowest BCUT2D eigenvalue weighted by Crippen LogP contribution is -2.44. The molecule has 0 amide bonds. The quantitative estimate of drug-likeness (QED) is 0.374. The Morgan fingerprint density at radius 1 is 1.20 bits per heavy atom. The van der Waals surface area contributed by atoms with E-state index in [2.05, 4.69) is 49.4 Å². The number of hydrogen-bond acceptors (Lipinski definition) is 4. The number of benzene rings is 1. The Kier molecular flexibility index (Phi) is 7.30. The number of imidazole rings is 1. The van der Waals surface area contributed by atoms with Crippen LogP contribution in [0.5, 0.6) is 0 Å². The van der Waals surface area contributed by atoms with Crippen LogP contribution in [-0.4, -0.2) is 33.7 Å². The standard InChI is InChI=1S/C23H31N5O2/c1-4-24-22(27-17-23(3,29)20-11-10-18(2)30-20)26-16-21-25-13-15-28(21)14-12-19-8-6-5-7-9-19/h5-11,13,15,29H,4,12,14,16-17H2,1-3H3,(H2,24,26,27). The van der Waals surface area contributed by atoms with Crippen LogP contribution in [0.4, 0.5) is 0 Å². The van der Waals surface area contributed by atoms with Crippen LogP contribution >= 0.6 is 0 Å². The maximum atomic E-state index is 10.7. The molecular formula is C23H31N5O2. The fraction of sp³-hybridized carbons (Fsp3) is 0.391. The summed E-state index contributed by atoms with van der Waals surface area (Å²) in [7, 11) is 0. The van der Waals surface area contributed by atoms with Crippen LogP contribution in [0.1, 0.15) is 36.8 Å². The number of aromatic nitrogens is 2. The van der Waals surface area contributed by atoms with Gasteiger partial charge in [-0.1, -0.05) is 30.3 Å². The van der Waals surface area contributed by atoms with E-state index in [0.29, 0.717) is 18.3 Å². The number of aliphatic hydroxyl groups is 1. The minimum absolute atomic E-state index is 0.272. The van der Waals surface area contributed by atoms with E-state index in [-0.39, 0.29) is 6.54 Å². The summed E-state index contributed by atoms with van der Waals surface area (Å²) in [6.45, 7) is 7.87. The van der Waals surface area contributed by atoms with E-state index in [1.165, 1.54) is 5.56 Å². The van der Waals surface area contributed by atoms with Crippen LogP contribution < -0.4 is 10.6 Å². The highest BCUT2D eigenvalue weighted by atomic mass is 16.4. The minimum Gasteiger partial charge on any atom is -0.463 e. The van der Waals surface area contributed by atoms with Crippen molar-refractivity contribution in [1.29, 1.82) is 0 Å². The van der Waals surface area contributed by atoms with Gasteiger partial charge in [-0.25, -0.2) is 9.98 Å². The number of guanidine groups is 1. The highest BCUT2D eigenvalue weighted by Gasteiger charge is 2.27. The lowest BCUT2D eigenvalue weighted by molar-refractivity contribution is 0.0378. The number of nitrogens with one attached hydrogen (secondary N) is 2. The van der Waals surface area contributed by atoms with Gasteiger partial charge in [0.05, 0.1) is 6.54 Å². The van der Waals surface area contributed by atoms with Crippen molar-refractivity contribution >= 4 is 5.96 Å². The smallest absolute Gasteiger partial charge is 0.191 e. The molecular weight excluding hydrogens is 378 g/mol. The first kappa shape index (κ1) is 21.6. The second kappa shape index (κ2) is 10.1. The van der Waals surface area contributed by atoms with E-state index in [1.54, 1.807) is 19.2 Å². The molecule has 1 atom stereocenters. The zero-order valence-corrected chi connectivity index (χ0v) is 17.9. The van der Waals surface area contributed by atoms with Crippen LogP contribution in [-0.2, 0) is 25.1 Å². The molecule has 2 aromatic heterocycles. The van der Waals surface area contributed by atoms with E-state index in [0.717, 1.165) is 31.1 Å². The van der Waals surface area contributed by atoms with Gasteiger partial charge in [0.1, 0.15) is 29.5 Å². The Morgan fingerprint density at radius 2 is 2.00 bits per heavy atom. The van der Waals surface area contributed by atoms with Crippen molar-refractivity contribution in [3.63, 3.8) is 0 Å². The lowest BCUT2D eigenvalue weighted by Gasteiger charge is -2.22. The highest BCUT2D eigenvalue weighted by molar-refractivity contribution is 5.79. The molecule has 30 heavy (non-hydrogen) atoms. The van der Waals surface area contributed by atoms with Crippen molar-refractivity contribution in [2.24, 2.45) is 4.99 Å². The largest absolute Gasteiger partial charge is 0.463 e. The zero-order chi connectivity index (χ0) is 21.4. The summed E-state index contributed by atoms with van der Waals surface area (Å²) in [6.07, 6.45) is 4.73. The molecule has 0 aliphatic heterocycles. The average Bonchev–Trinajstić information content (AvgIpc) is 3.38. The molecule has 7 nitrogen and oxygen atoms in total. The van der Waals surface area contributed by atoms with Gasteiger partial charge in [-0.15, -0.1) is 0 Å². The molecule has 3 N–H and O–H groups in total. The minimum atomic E-state index is -1.14. The fourth-order valence-electron chi connectivity index (χ4n) is 3.15. The summed E-state index contributed by atoms with van der Waals surface area (Å²) in [6, 6.07) is 14.1. The number of aryl methyl sites for hydroxylation is 3. The van der Waals surface area contributed by atoms with Crippen LogP contribution in [0.15, 0.2) is 64.3 Å². The summed E-state index contributed by atoms with van der Waals surface area (Å²) in [5.41, 5.74) is 0.157. The van der Waals surface area contributed by atoms with Gasteiger partial charge in [-0.3, -0.25) is 0 Å². The molecule has 0 radical (unpaired) electrons. The number of aliphatic imine (C=N–C) groups is 1. The molecule has 160 valence electrons. The summed E-state index contributed by atoms with van der Waals surface area (Å²) >= 11 is 0. The Labute approximate surface area is 177 Å². The summed E-state index contributed by atoms with van der Waals surface area (Å²) in [5.74, 6) is 2.82. The lowest BCUT2D eigenvalue weighted by atomic mass is 10.0. The van der Waals surface area contributed by atoms with Crippen molar-refractivity contribution in [2.75, 3.05) is 13.1 Å². The number of furan rings is 1. The monoisotopic (exact) mass is 409 g/mol. The third kappa shape index (κ3) is 5.97. The first-order valence-corrected chi connectivity index (χ1v) is 10.3. The van der Waals surface area contributed by atoms with E-state index >= 15 is 0 Å². The zero-order valence-electron chi connectivity index (χ0n) is 17.9. The maximum absolute atomic E-state index is 10.7. The SMILES string of the molecule is CCNC(=NCc1nccn1CCc1ccccc1)NCC(C)(O)c1ccc(C)o1. The third-order valence-electron chi connectivity index (χ3n) is 4.88. The first-order chi connectivity index (χ1) is 14.5. The number of rotatable bonds is 9. The number of nitrogens with zero attached hydrogens (tertiary/aromatic N) is 3. The molecule has 1 aromatic carbocycles. The number of hydrogen-bond donors (Lipinski definition) is 3. The highest BCUT2D eigenvalue weighted by Crippen LogP contribution is 2.21. The van der Waals surface area contributed by atoms with E-state index in [4.69, 9.17) is 4.42 Å². The van der Waals surface area contributed by atoms with Gasteiger partial charge in [-0.2, -0.15) is 0 Å². The predicted molar refractivity (Wildman–Crippen MR) is 118 cm³/mol. The summed E-state index contributed by atoms with van der Waals surface area (Å²) in [4.78, 5) is 9.10. The molecule has 0 fully saturated rings. The summed E-state index contributed by atoms with van der Waals surface area (Å²) in [5, 5.41) is 17.1. The van der Waals surface area contributed by atoms with Crippen molar-refractivity contribution in [3.05, 3.63) is 77.8 Å². The van der Waals surface area contributed by atoms with Gasteiger partial charge in [0, 0.05) is 25.5 Å². The molecule has 3 rings (SSSR count). The molecule has 2 heterocycles. The Bertz CT molecular complexity index is 943. The maximum Gasteiger partial charge on any atom is 0.191 e. The first-order valence-electron chi connectivity index (χ1n) is 10.3. The van der Waals surface area contributed by atoms with E-state index in [1.807, 2.05) is 32.2 Å². The Balaban J connectivity index is 1.60. The molecule has 1 unspecified atom stereocenters. The topological polar surface area (TPSA) is 87.6 Å². The Hall–Kier alpha value is -3.06. The van der Waals surface area contributed by atoms with Crippen molar-refractivity contribution in [3.8, 4) is 0 Å². The normalized spacial score (nSPS) is 13.8. The second-order valence-electron chi connectivity index (χ2n) is 7.51. The molecule has 0 saturated carbocycles. The predicted octanol–water partition coefficient (Wildman–Crippen LogP) is 2.99. The van der Waals surface area contributed by atoms with Crippen molar-refractivity contribution < 1.29 is 9.52 Å². The van der Waals surface area contributed by atoms with E-state index in [9.17, 15) is 5.11 Å².